The van der Waals surface area contributed by atoms with Crippen molar-refractivity contribution in [2.24, 2.45) is 12.8 Å². The molecular weight excluding hydrogens is 194 g/mol. The Kier molecular flexibility index (Phi) is 2.47. The second kappa shape index (κ2) is 3.78. The maximum absolute atomic E-state index is 11.4. The van der Waals surface area contributed by atoms with Gasteiger partial charge in [0.2, 0.25) is 0 Å². The summed E-state index contributed by atoms with van der Waals surface area (Å²) in [5, 5.41) is 0. The van der Waals surface area contributed by atoms with E-state index in [1.165, 1.54) is 0 Å². The molecule has 0 fully saturated rings. The van der Waals surface area contributed by atoms with Crippen LogP contribution in [0.15, 0.2) is 23.0 Å². The Morgan fingerprint density at radius 1 is 1.53 bits per heavy atom. The monoisotopic (exact) mass is 207 g/mol. The van der Waals surface area contributed by atoms with Crippen LogP contribution >= 0.6 is 0 Å². The van der Waals surface area contributed by atoms with Crippen molar-refractivity contribution < 1.29 is 4.74 Å². The Morgan fingerprint density at radius 2 is 2.33 bits per heavy atom. The lowest BCUT2D eigenvalue weighted by atomic mass is 10.3. The van der Waals surface area contributed by atoms with Gasteiger partial charge in [0.15, 0.2) is 0 Å². The fourth-order valence-electron chi connectivity index (χ4n) is 1.51. The summed E-state index contributed by atoms with van der Waals surface area (Å²) in [6.07, 6.45) is 0. The van der Waals surface area contributed by atoms with E-state index in [0.29, 0.717) is 18.9 Å². The minimum Gasteiger partial charge on any atom is -0.490 e. The van der Waals surface area contributed by atoms with E-state index < -0.39 is 0 Å². The first kappa shape index (κ1) is 9.79. The topological polar surface area (TPSA) is 73.0 Å². The molecular formula is C10H13N3O2. The van der Waals surface area contributed by atoms with Crippen LogP contribution in [-0.4, -0.2) is 22.7 Å². The van der Waals surface area contributed by atoms with Gasteiger partial charge in [0.25, 0.3) is 0 Å². The van der Waals surface area contributed by atoms with Crippen molar-refractivity contribution in [1.29, 1.82) is 0 Å². The van der Waals surface area contributed by atoms with Gasteiger partial charge in [-0.2, -0.15) is 0 Å². The van der Waals surface area contributed by atoms with Gasteiger partial charge in [-0.3, -0.25) is 4.57 Å². The molecule has 5 nitrogen and oxygen atoms in total. The first-order valence-corrected chi connectivity index (χ1v) is 4.74. The van der Waals surface area contributed by atoms with Gasteiger partial charge in [-0.25, -0.2) is 4.79 Å². The molecule has 0 amide bonds. The smallest absolute Gasteiger partial charge is 0.326 e. The van der Waals surface area contributed by atoms with Crippen LogP contribution in [0.5, 0.6) is 5.75 Å². The van der Waals surface area contributed by atoms with E-state index in [0.717, 1.165) is 11.0 Å². The molecule has 80 valence electrons. The van der Waals surface area contributed by atoms with E-state index in [-0.39, 0.29) is 5.69 Å². The predicted octanol–water partition coefficient (Wildman–Crippen LogP) is 0.204. The number of aromatic amines is 1. The van der Waals surface area contributed by atoms with E-state index in [2.05, 4.69) is 4.98 Å². The summed E-state index contributed by atoms with van der Waals surface area (Å²) in [5.41, 5.74) is 6.76. The third-order valence-corrected chi connectivity index (χ3v) is 2.28. The van der Waals surface area contributed by atoms with Crippen LogP contribution in [0.25, 0.3) is 11.0 Å². The van der Waals surface area contributed by atoms with Crippen LogP contribution in [0.1, 0.15) is 0 Å². The quantitative estimate of drug-likeness (QED) is 0.755. The number of nitrogens with two attached hydrogens (primary N) is 1. The summed E-state index contributed by atoms with van der Waals surface area (Å²) < 4.78 is 6.97. The highest BCUT2D eigenvalue weighted by Crippen LogP contribution is 2.21. The van der Waals surface area contributed by atoms with E-state index in [1.807, 2.05) is 18.2 Å². The summed E-state index contributed by atoms with van der Waals surface area (Å²) >= 11 is 0. The third-order valence-electron chi connectivity index (χ3n) is 2.28. The lowest BCUT2D eigenvalue weighted by molar-refractivity contribution is 0.331. The molecule has 0 bridgehead atoms. The maximum Gasteiger partial charge on any atom is 0.326 e. The summed E-state index contributed by atoms with van der Waals surface area (Å²) in [7, 11) is 1.72. The Bertz CT molecular complexity index is 527. The Hall–Kier alpha value is -1.75. The molecule has 15 heavy (non-hydrogen) atoms. The molecule has 3 N–H and O–H groups in total. The average Bonchev–Trinajstić information content (AvgIpc) is 2.53. The van der Waals surface area contributed by atoms with Crippen molar-refractivity contribution in [2.45, 2.75) is 0 Å². The second-order valence-electron chi connectivity index (χ2n) is 3.28. The number of H-pyrrole nitrogens is 1. The van der Waals surface area contributed by atoms with Crippen molar-refractivity contribution in [2.75, 3.05) is 13.2 Å². The molecule has 0 aliphatic carbocycles. The highest BCUT2D eigenvalue weighted by Gasteiger charge is 2.07. The number of rotatable bonds is 3. The molecule has 0 aliphatic rings. The van der Waals surface area contributed by atoms with Crippen LogP contribution in [0.4, 0.5) is 0 Å². The van der Waals surface area contributed by atoms with Crippen LogP contribution in [0, 0.1) is 0 Å². The van der Waals surface area contributed by atoms with Crippen molar-refractivity contribution in [3.05, 3.63) is 28.7 Å². The molecule has 5 heteroatoms. The number of para-hydroxylation sites is 1. The van der Waals surface area contributed by atoms with Gasteiger partial charge in [-0.05, 0) is 12.1 Å². The molecule has 1 aromatic heterocycles. The number of nitrogens with zero attached hydrogens (tertiary/aromatic N) is 1. The lowest BCUT2D eigenvalue weighted by Gasteiger charge is -2.04. The molecule has 2 rings (SSSR count). The molecule has 1 heterocycles. The second-order valence-corrected chi connectivity index (χ2v) is 3.28. The van der Waals surface area contributed by atoms with E-state index in [4.69, 9.17) is 10.5 Å². The number of ether oxygens (including phenoxy) is 1. The normalized spacial score (nSPS) is 10.8. The third kappa shape index (κ3) is 1.61. The summed E-state index contributed by atoms with van der Waals surface area (Å²) in [6, 6.07) is 5.53. The summed E-state index contributed by atoms with van der Waals surface area (Å²) in [5.74, 6) is 0.663. The van der Waals surface area contributed by atoms with E-state index in [1.54, 1.807) is 11.6 Å². The number of hydrogen-bond donors (Lipinski definition) is 2. The summed E-state index contributed by atoms with van der Waals surface area (Å²) in [4.78, 5) is 14.1. The molecule has 0 saturated heterocycles. The number of benzene rings is 1. The van der Waals surface area contributed by atoms with Gasteiger partial charge in [-0.15, -0.1) is 0 Å². The van der Waals surface area contributed by atoms with Crippen molar-refractivity contribution in [3.63, 3.8) is 0 Å². The maximum atomic E-state index is 11.4. The molecule has 0 saturated carbocycles. The highest BCUT2D eigenvalue weighted by atomic mass is 16.5. The number of imidazole rings is 1. The first-order chi connectivity index (χ1) is 7.24. The fourth-order valence-corrected chi connectivity index (χ4v) is 1.51. The lowest BCUT2D eigenvalue weighted by Crippen LogP contribution is -2.11. The molecule has 0 unspecified atom stereocenters. The van der Waals surface area contributed by atoms with Crippen molar-refractivity contribution >= 4 is 11.0 Å². The Balaban J connectivity index is 2.56. The highest BCUT2D eigenvalue weighted by molar-refractivity contribution is 5.81. The number of nitrogens with one attached hydrogen (secondary N) is 1. The fraction of sp³-hybridized carbons (Fsp3) is 0.300. The van der Waals surface area contributed by atoms with Crippen LogP contribution < -0.4 is 16.2 Å². The SMILES string of the molecule is Cn1c(=O)[nH]c2c(OCCN)cccc21. The van der Waals surface area contributed by atoms with Gasteiger partial charge in [-0.1, -0.05) is 6.07 Å². The molecule has 0 aliphatic heterocycles. The van der Waals surface area contributed by atoms with Gasteiger partial charge >= 0.3 is 5.69 Å². The molecule has 2 aromatic rings. The number of aromatic nitrogens is 2. The molecule has 1 aromatic carbocycles. The van der Waals surface area contributed by atoms with E-state index >= 15 is 0 Å². The van der Waals surface area contributed by atoms with Crippen LogP contribution in [0.2, 0.25) is 0 Å². The molecule has 0 spiro atoms. The Morgan fingerprint density at radius 3 is 3.07 bits per heavy atom. The first-order valence-electron chi connectivity index (χ1n) is 4.74. The molecule has 0 atom stereocenters. The zero-order valence-corrected chi connectivity index (χ0v) is 8.49. The predicted molar refractivity (Wildman–Crippen MR) is 58.1 cm³/mol. The standard InChI is InChI=1S/C10H13N3O2/c1-13-7-3-2-4-8(15-6-5-11)9(7)12-10(13)14/h2-4H,5-6,11H2,1H3,(H,12,14). The van der Waals surface area contributed by atoms with Gasteiger partial charge in [0.05, 0.1) is 5.52 Å². The number of fused-ring (bicyclic) bond motifs is 1. The summed E-state index contributed by atoms with van der Waals surface area (Å²) in [6.45, 7) is 0.892. The van der Waals surface area contributed by atoms with Crippen LogP contribution in [-0.2, 0) is 7.05 Å². The minimum absolute atomic E-state index is 0.145. The minimum atomic E-state index is -0.145. The zero-order chi connectivity index (χ0) is 10.8. The zero-order valence-electron chi connectivity index (χ0n) is 8.49. The Labute approximate surface area is 86.5 Å². The van der Waals surface area contributed by atoms with Crippen molar-refractivity contribution in [3.8, 4) is 5.75 Å². The molecule has 0 radical (unpaired) electrons. The number of hydrogen-bond acceptors (Lipinski definition) is 3. The van der Waals surface area contributed by atoms with Gasteiger partial charge in [0.1, 0.15) is 17.9 Å². The van der Waals surface area contributed by atoms with Crippen molar-refractivity contribution in [1.82, 2.24) is 9.55 Å². The van der Waals surface area contributed by atoms with Gasteiger partial charge < -0.3 is 15.5 Å². The number of aryl methyl sites for hydroxylation is 1. The van der Waals surface area contributed by atoms with Gasteiger partial charge in [0, 0.05) is 13.6 Å². The average molecular weight is 207 g/mol. The largest absolute Gasteiger partial charge is 0.490 e. The van der Waals surface area contributed by atoms with E-state index in [9.17, 15) is 4.79 Å². The van der Waals surface area contributed by atoms with Crippen LogP contribution in [0.3, 0.4) is 0 Å².